The summed E-state index contributed by atoms with van der Waals surface area (Å²) >= 11 is 5.72. The highest BCUT2D eigenvalue weighted by Gasteiger charge is 2.33. The Hall–Kier alpha value is -2.29. The highest BCUT2D eigenvalue weighted by atomic mass is 35.5. The van der Waals surface area contributed by atoms with E-state index in [1.165, 1.54) is 18.5 Å². The lowest BCUT2D eigenvalue weighted by Crippen LogP contribution is -2.57. The van der Waals surface area contributed by atoms with E-state index < -0.39 is 18.0 Å². The highest BCUT2D eigenvalue weighted by Crippen LogP contribution is 2.35. The molecule has 0 spiro atoms. The Morgan fingerprint density at radius 3 is 2.93 bits per heavy atom. The van der Waals surface area contributed by atoms with E-state index in [1.807, 2.05) is 6.92 Å². The van der Waals surface area contributed by atoms with Crippen molar-refractivity contribution in [2.75, 3.05) is 24.5 Å². The molecule has 1 saturated heterocycles. The van der Waals surface area contributed by atoms with Crippen LogP contribution in [0.15, 0.2) is 24.5 Å². The first kappa shape index (κ1) is 21.0. The number of benzene rings is 1. The van der Waals surface area contributed by atoms with Crippen LogP contribution in [0.3, 0.4) is 0 Å². The predicted octanol–water partition coefficient (Wildman–Crippen LogP) is 1.86. The normalized spacial score (nSPS) is 22.2. The van der Waals surface area contributed by atoms with Gasteiger partial charge in [0.2, 0.25) is 5.91 Å². The van der Waals surface area contributed by atoms with Gasteiger partial charge in [0.25, 0.3) is 0 Å². The molecule has 0 unspecified atom stereocenters. The van der Waals surface area contributed by atoms with Gasteiger partial charge in [-0.05, 0) is 43.9 Å². The molecule has 0 saturated carbocycles. The van der Waals surface area contributed by atoms with Gasteiger partial charge in [0.15, 0.2) is 0 Å². The average Bonchev–Trinajstić information content (AvgIpc) is 3.11. The standard InChI is InChI=1S/C21H25ClFN5O2/c1-12-10-27(21(30)17(24)9-13-2-4-15(22)16(23)8-13)6-7-28(12)20-14-3-5-18(29)19(14)25-11-26-20/h2,4,8,11-12,17-18,29H,3,5-7,9-10,24H2,1H3/t12-,17+,18-/m0/s1. The van der Waals surface area contributed by atoms with Gasteiger partial charge < -0.3 is 20.6 Å². The number of carbonyl (C=O) groups excluding carboxylic acids is 1. The van der Waals surface area contributed by atoms with Gasteiger partial charge in [-0.1, -0.05) is 17.7 Å². The number of hydrogen-bond acceptors (Lipinski definition) is 6. The van der Waals surface area contributed by atoms with E-state index in [9.17, 15) is 14.3 Å². The number of aliphatic hydroxyl groups excluding tert-OH is 1. The summed E-state index contributed by atoms with van der Waals surface area (Å²) < 4.78 is 13.7. The third kappa shape index (κ3) is 3.99. The van der Waals surface area contributed by atoms with Gasteiger partial charge in [0.1, 0.15) is 18.0 Å². The number of halogens is 2. The van der Waals surface area contributed by atoms with Crippen LogP contribution in [0.2, 0.25) is 5.02 Å². The predicted molar refractivity (Wildman–Crippen MR) is 112 cm³/mol. The Morgan fingerprint density at radius 2 is 2.20 bits per heavy atom. The summed E-state index contributed by atoms with van der Waals surface area (Å²) in [5.41, 5.74) is 8.49. The van der Waals surface area contributed by atoms with E-state index in [0.717, 1.165) is 17.8 Å². The molecule has 1 aliphatic heterocycles. The van der Waals surface area contributed by atoms with E-state index in [0.29, 0.717) is 37.3 Å². The van der Waals surface area contributed by atoms with E-state index in [-0.39, 0.29) is 23.4 Å². The number of nitrogens with zero attached hydrogens (tertiary/aromatic N) is 4. The molecular formula is C21H25ClFN5O2. The van der Waals surface area contributed by atoms with Gasteiger partial charge in [-0.15, -0.1) is 0 Å². The Bertz CT molecular complexity index is 959. The van der Waals surface area contributed by atoms with Crippen molar-refractivity contribution in [1.82, 2.24) is 14.9 Å². The molecule has 7 nitrogen and oxygen atoms in total. The van der Waals surface area contributed by atoms with Crippen molar-refractivity contribution >= 4 is 23.3 Å². The zero-order valence-corrected chi connectivity index (χ0v) is 17.5. The number of aromatic nitrogens is 2. The molecule has 1 fully saturated rings. The summed E-state index contributed by atoms with van der Waals surface area (Å²) in [5.74, 6) is 0.177. The Labute approximate surface area is 179 Å². The zero-order chi connectivity index (χ0) is 21.4. The number of aliphatic hydroxyl groups is 1. The minimum Gasteiger partial charge on any atom is -0.387 e. The fourth-order valence-electron chi connectivity index (χ4n) is 4.32. The quantitative estimate of drug-likeness (QED) is 0.764. The van der Waals surface area contributed by atoms with E-state index in [2.05, 4.69) is 14.9 Å². The maximum Gasteiger partial charge on any atom is 0.239 e. The largest absolute Gasteiger partial charge is 0.387 e. The van der Waals surface area contributed by atoms with Crippen LogP contribution < -0.4 is 10.6 Å². The minimum absolute atomic E-state index is 0.0413. The minimum atomic E-state index is -0.747. The molecule has 2 aliphatic rings. The van der Waals surface area contributed by atoms with Crippen LogP contribution >= 0.6 is 11.6 Å². The van der Waals surface area contributed by atoms with E-state index in [1.54, 1.807) is 11.0 Å². The van der Waals surface area contributed by atoms with Crippen molar-refractivity contribution in [2.24, 2.45) is 5.73 Å². The number of nitrogens with two attached hydrogens (primary N) is 1. The number of hydrogen-bond donors (Lipinski definition) is 2. The fraction of sp³-hybridized carbons (Fsp3) is 0.476. The summed E-state index contributed by atoms with van der Waals surface area (Å²) in [4.78, 5) is 25.5. The number of fused-ring (bicyclic) bond motifs is 1. The molecular weight excluding hydrogens is 409 g/mol. The molecule has 2 aromatic rings. The lowest BCUT2D eigenvalue weighted by Gasteiger charge is -2.41. The van der Waals surface area contributed by atoms with Crippen LogP contribution in [0.5, 0.6) is 0 Å². The third-order valence-corrected chi connectivity index (χ3v) is 6.21. The first-order chi connectivity index (χ1) is 14.3. The van der Waals surface area contributed by atoms with E-state index >= 15 is 0 Å². The van der Waals surface area contributed by atoms with Gasteiger partial charge in [0.05, 0.1) is 22.9 Å². The van der Waals surface area contributed by atoms with Gasteiger partial charge in [-0.3, -0.25) is 4.79 Å². The maximum atomic E-state index is 13.7. The van der Waals surface area contributed by atoms with Crippen LogP contribution in [0.4, 0.5) is 10.2 Å². The van der Waals surface area contributed by atoms with Gasteiger partial charge in [0, 0.05) is 31.2 Å². The maximum absolute atomic E-state index is 13.7. The fourth-order valence-corrected chi connectivity index (χ4v) is 4.44. The van der Waals surface area contributed by atoms with Crippen LogP contribution in [0, 0.1) is 5.82 Å². The number of rotatable bonds is 4. The zero-order valence-electron chi connectivity index (χ0n) is 16.8. The van der Waals surface area contributed by atoms with E-state index in [4.69, 9.17) is 17.3 Å². The molecule has 160 valence electrons. The number of carbonyl (C=O) groups is 1. The van der Waals surface area contributed by atoms with Crippen molar-refractivity contribution in [3.8, 4) is 0 Å². The molecule has 2 heterocycles. The molecule has 3 N–H and O–H groups in total. The first-order valence-electron chi connectivity index (χ1n) is 10.1. The molecule has 1 aromatic carbocycles. The van der Waals surface area contributed by atoms with Crippen molar-refractivity contribution in [2.45, 2.75) is 44.4 Å². The lowest BCUT2D eigenvalue weighted by atomic mass is 10.0. The Balaban J connectivity index is 1.42. The molecule has 3 atom stereocenters. The van der Waals surface area contributed by atoms with Gasteiger partial charge in [-0.2, -0.15) is 0 Å². The van der Waals surface area contributed by atoms with Crippen LogP contribution in [-0.2, 0) is 17.6 Å². The van der Waals surface area contributed by atoms with Crippen molar-refractivity contribution in [1.29, 1.82) is 0 Å². The molecule has 4 rings (SSSR count). The average molecular weight is 434 g/mol. The van der Waals surface area contributed by atoms with Gasteiger partial charge >= 0.3 is 0 Å². The smallest absolute Gasteiger partial charge is 0.239 e. The van der Waals surface area contributed by atoms with Crippen molar-refractivity contribution in [3.05, 3.63) is 52.2 Å². The summed E-state index contributed by atoms with van der Waals surface area (Å²) in [6.45, 7) is 3.70. The molecule has 1 aliphatic carbocycles. The molecule has 30 heavy (non-hydrogen) atoms. The van der Waals surface area contributed by atoms with Crippen molar-refractivity contribution in [3.63, 3.8) is 0 Å². The second-order valence-electron chi connectivity index (χ2n) is 8.00. The summed E-state index contributed by atoms with van der Waals surface area (Å²) in [5, 5.41) is 10.1. The van der Waals surface area contributed by atoms with Crippen LogP contribution in [-0.4, -0.2) is 57.6 Å². The lowest BCUT2D eigenvalue weighted by molar-refractivity contribution is -0.133. The van der Waals surface area contributed by atoms with Crippen LogP contribution in [0.25, 0.3) is 0 Å². The van der Waals surface area contributed by atoms with Crippen molar-refractivity contribution < 1.29 is 14.3 Å². The Morgan fingerprint density at radius 1 is 1.40 bits per heavy atom. The number of amides is 1. The SMILES string of the molecule is C[C@H]1CN(C(=O)[C@H](N)Cc2ccc(Cl)c(F)c2)CCN1c1ncnc2c1CC[C@@H]2O. The highest BCUT2D eigenvalue weighted by molar-refractivity contribution is 6.30. The topological polar surface area (TPSA) is 95.6 Å². The second-order valence-corrected chi connectivity index (χ2v) is 8.41. The molecule has 9 heteroatoms. The first-order valence-corrected chi connectivity index (χ1v) is 10.5. The summed E-state index contributed by atoms with van der Waals surface area (Å²) in [6.07, 6.45) is 2.62. The molecule has 1 amide bonds. The molecule has 0 bridgehead atoms. The number of anilines is 1. The van der Waals surface area contributed by atoms with Gasteiger partial charge in [-0.25, -0.2) is 14.4 Å². The third-order valence-electron chi connectivity index (χ3n) is 5.91. The summed E-state index contributed by atoms with van der Waals surface area (Å²) in [7, 11) is 0. The number of piperazine rings is 1. The second kappa shape index (κ2) is 8.45. The summed E-state index contributed by atoms with van der Waals surface area (Å²) in [6, 6.07) is 3.77. The monoisotopic (exact) mass is 433 g/mol. The molecule has 1 aromatic heterocycles. The van der Waals surface area contributed by atoms with Crippen LogP contribution in [0.1, 0.15) is 36.3 Å². The Kier molecular flexibility index (Phi) is 5.90. The molecule has 0 radical (unpaired) electrons.